The van der Waals surface area contributed by atoms with Gasteiger partial charge in [-0.1, -0.05) is 12.1 Å². The van der Waals surface area contributed by atoms with Crippen LogP contribution < -0.4 is 5.14 Å². The van der Waals surface area contributed by atoms with Crippen LogP contribution in [0.4, 0.5) is 0 Å². The van der Waals surface area contributed by atoms with E-state index in [-0.39, 0.29) is 10.8 Å². The molecule has 0 saturated carbocycles. The topological polar surface area (TPSA) is 85.4 Å². The molecule has 1 amide bonds. The van der Waals surface area contributed by atoms with E-state index < -0.39 is 10.0 Å². The van der Waals surface area contributed by atoms with Crippen LogP contribution in [-0.2, 0) is 17.1 Å². The largest absolute Gasteiger partial charge is 0.347 e. The number of benzene rings is 1. The van der Waals surface area contributed by atoms with Crippen LogP contribution in [0.1, 0.15) is 34.8 Å². The van der Waals surface area contributed by atoms with Crippen LogP contribution in [-0.4, -0.2) is 36.9 Å². The molecule has 3 rings (SSSR count). The van der Waals surface area contributed by atoms with Gasteiger partial charge in [0, 0.05) is 26.3 Å². The van der Waals surface area contributed by atoms with Gasteiger partial charge in [-0.2, -0.15) is 0 Å². The summed E-state index contributed by atoms with van der Waals surface area (Å²) in [7, 11) is -1.79. The summed E-state index contributed by atoms with van der Waals surface area (Å²) in [5.41, 5.74) is 1.79. The Labute approximate surface area is 141 Å². The normalized spacial score (nSPS) is 16.3. The molecule has 6 nitrogen and oxygen atoms in total. The number of primary sulfonamides is 1. The van der Waals surface area contributed by atoms with Crippen LogP contribution in [0.5, 0.6) is 0 Å². The number of hydrogen-bond donors (Lipinski definition) is 1. The molecular formula is C17H21N3O3S. The van der Waals surface area contributed by atoms with Gasteiger partial charge in [0.05, 0.1) is 4.90 Å². The average molecular weight is 347 g/mol. The maximum absolute atomic E-state index is 12.5. The van der Waals surface area contributed by atoms with Crippen LogP contribution in [0, 0.1) is 0 Å². The molecule has 1 fully saturated rings. The minimum absolute atomic E-state index is 0.0607. The van der Waals surface area contributed by atoms with Gasteiger partial charge in [0.1, 0.15) is 5.69 Å². The molecule has 0 radical (unpaired) electrons. The first-order valence-electron chi connectivity index (χ1n) is 7.89. The third-order valence-corrected chi connectivity index (χ3v) is 5.55. The van der Waals surface area contributed by atoms with Gasteiger partial charge in [0.15, 0.2) is 0 Å². The number of likely N-dealkylation sites (tertiary alicyclic amines) is 1. The number of nitrogens with two attached hydrogens (primary N) is 1. The van der Waals surface area contributed by atoms with E-state index in [1.807, 2.05) is 47.0 Å². The highest BCUT2D eigenvalue weighted by Crippen LogP contribution is 2.29. The summed E-state index contributed by atoms with van der Waals surface area (Å²) < 4.78 is 24.5. The van der Waals surface area contributed by atoms with Crippen LogP contribution in [0.25, 0.3) is 0 Å². The highest BCUT2D eigenvalue weighted by molar-refractivity contribution is 7.89. The molecule has 2 heterocycles. The second-order valence-corrected chi connectivity index (χ2v) is 7.75. The summed E-state index contributed by atoms with van der Waals surface area (Å²) in [6.45, 7) is 1.40. The number of sulfonamides is 1. The van der Waals surface area contributed by atoms with Crippen LogP contribution in [0.2, 0.25) is 0 Å². The summed E-state index contributed by atoms with van der Waals surface area (Å²) in [6.07, 6.45) is 3.60. The van der Waals surface area contributed by atoms with Crippen molar-refractivity contribution < 1.29 is 13.2 Å². The van der Waals surface area contributed by atoms with Crippen molar-refractivity contribution in [1.82, 2.24) is 9.47 Å². The van der Waals surface area contributed by atoms with Gasteiger partial charge in [-0.05, 0) is 48.6 Å². The molecule has 1 aliphatic rings. The Morgan fingerprint density at radius 1 is 1.12 bits per heavy atom. The van der Waals surface area contributed by atoms with E-state index in [0.29, 0.717) is 24.7 Å². The Hall–Kier alpha value is -2.12. The molecule has 7 heteroatoms. The summed E-state index contributed by atoms with van der Waals surface area (Å²) in [5.74, 6) is 0.391. The number of nitrogens with zero attached hydrogens (tertiary/aromatic N) is 2. The Bertz CT molecular complexity index is 832. The molecule has 1 aliphatic heterocycles. The number of amides is 1. The lowest BCUT2D eigenvalue weighted by molar-refractivity contribution is 0.0703. The Kier molecular flexibility index (Phi) is 4.47. The second kappa shape index (κ2) is 6.41. The molecule has 1 aromatic carbocycles. The molecule has 1 aromatic heterocycles. The maximum Gasteiger partial charge on any atom is 0.270 e. The van der Waals surface area contributed by atoms with Crippen molar-refractivity contribution in [3.63, 3.8) is 0 Å². The molecule has 1 saturated heterocycles. The van der Waals surface area contributed by atoms with E-state index in [2.05, 4.69) is 0 Å². The van der Waals surface area contributed by atoms with Crippen molar-refractivity contribution in [1.29, 1.82) is 0 Å². The van der Waals surface area contributed by atoms with Crippen molar-refractivity contribution in [3.05, 3.63) is 53.9 Å². The second-order valence-electron chi connectivity index (χ2n) is 6.18. The molecule has 128 valence electrons. The van der Waals surface area contributed by atoms with E-state index in [1.165, 1.54) is 0 Å². The number of aromatic nitrogens is 1. The van der Waals surface area contributed by atoms with Gasteiger partial charge in [-0.3, -0.25) is 4.79 Å². The zero-order valence-electron chi connectivity index (χ0n) is 13.6. The van der Waals surface area contributed by atoms with Gasteiger partial charge >= 0.3 is 0 Å². The lowest BCUT2D eigenvalue weighted by atomic mass is 9.89. The van der Waals surface area contributed by atoms with Gasteiger partial charge in [-0.25, -0.2) is 13.6 Å². The van der Waals surface area contributed by atoms with Crippen LogP contribution in [0.15, 0.2) is 47.5 Å². The lowest BCUT2D eigenvalue weighted by Crippen LogP contribution is -2.38. The first-order valence-corrected chi connectivity index (χ1v) is 9.44. The predicted octanol–water partition coefficient (Wildman–Crippen LogP) is 1.69. The van der Waals surface area contributed by atoms with Gasteiger partial charge in [0.25, 0.3) is 5.91 Å². The van der Waals surface area contributed by atoms with Crippen LogP contribution >= 0.6 is 0 Å². The average Bonchev–Trinajstić information content (AvgIpc) is 3.00. The Morgan fingerprint density at radius 3 is 2.25 bits per heavy atom. The van der Waals surface area contributed by atoms with E-state index in [1.54, 1.807) is 12.1 Å². The first-order chi connectivity index (χ1) is 11.4. The number of hydrogen-bond acceptors (Lipinski definition) is 3. The molecule has 0 bridgehead atoms. The van der Waals surface area contributed by atoms with Crippen LogP contribution in [0.3, 0.4) is 0 Å². The van der Waals surface area contributed by atoms with Gasteiger partial charge in [-0.15, -0.1) is 0 Å². The summed E-state index contributed by atoms with van der Waals surface area (Å²) in [5, 5.41) is 5.12. The molecule has 0 aliphatic carbocycles. The summed E-state index contributed by atoms with van der Waals surface area (Å²) >= 11 is 0. The molecule has 0 unspecified atom stereocenters. The molecule has 0 atom stereocenters. The highest BCUT2D eigenvalue weighted by Gasteiger charge is 2.25. The summed E-state index contributed by atoms with van der Waals surface area (Å²) in [6, 6.07) is 10.4. The fourth-order valence-corrected chi connectivity index (χ4v) is 3.71. The van der Waals surface area contributed by atoms with Crippen molar-refractivity contribution in [2.24, 2.45) is 12.2 Å². The number of aryl methyl sites for hydroxylation is 1. The van der Waals surface area contributed by atoms with Crippen molar-refractivity contribution in [2.45, 2.75) is 23.7 Å². The number of rotatable bonds is 3. The SMILES string of the molecule is Cn1cccc1C(=O)N1CCC(c2ccc(S(N)(=O)=O)cc2)CC1. The molecule has 2 aromatic rings. The van der Waals surface area contributed by atoms with E-state index in [0.717, 1.165) is 18.4 Å². The van der Waals surface area contributed by atoms with Gasteiger partial charge < -0.3 is 9.47 Å². The minimum Gasteiger partial charge on any atom is -0.347 e. The number of carbonyl (C=O) groups excluding carboxylic acids is 1. The minimum atomic E-state index is -3.65. The predicted molar refractivity (Wildman–Crippen MR) is 91.1 cm³/mol. The van der Waals surface area contributed by atoms with E-state index >= 15 is 0 Å². The lowest BCUT2D eigenvalue weighted by Gasteiger charge is -2.32. The van der Waals surface area contributed by atoms with E-state index in [4.69, 9.17) is 5.14 Å². The molecular weight excluding hydrogens is 326 g/mol. The smallest absolute Gasteiger partial charge is 0.270 e. The molecule has 0 spiro atoms. The standard InChI is InChI=1S/C17H21N3O3S/c1-19-10-2-3-16(19)17(21)20-11-8-14(9-12-20)13-4-6-15(7-5-13)24(18,22)23/h2-7,10,14H,8-9,11-12H2,1H3,(H2,18,22,23). The molecule has 24 heavy (non-hydrogen) atoms. The zero-order valence-corrected chi connectivity index (χ0v) is 14.4. The maximum atomic E-state index is 12.5. The number of carbonyl (C=O) groups is 1. The third kappa shape index (κ3) is 3.37. The van der Waals surface area contributed by atoms with Crippen molar-refractivity contribution in [3.8, 4) is 0 Å². The Morgan fingerprint density at radius 2 is 1.75 bits per heavy atom. The summed E-state index contributed by atoms with van der Waals surface area (Å²) in [4.78, 5) is 14.5. The monoisotopic (exact) mass is 347 g/mol. The quantitative estimate of drug-likeness (QED) is 0.917. The zero-order chi connectivity index (χ0) is 17.3. The van der Waals surface area contributed by atoms with E-state index in [9.17, 15) is 13.2 Å². The molecule has 2 N–H and O–H groups in total. The third-order valence-electron chi connectivity index (χ3n) is 4.63. The van der Waals surface area contributed by atoms with Gasteiger partial charge in [0.2, 0.25) is 10.0 Å². The van der Waals surface area contributed by atoms with Crippen molar-refractivity contribution in [2.75, 3.05) is 13.1 Å². The first kappa shape index (κ1) is 16.7. The highest BCUT2D eigenvalue weighted by atomic mass is 32.2. The Balaban J connectivity index is 1.65. The fraction of sp³-hybridized carbons (Fsp3) is 0.353. The fourth-order valence-electron chi connectivity index (χ4n) is 3.19. The number of piperidine rings is 1. The van der Waals surface area contributed by atoms with Crippen molar-refractivity contribution >= 4 is 15.9 Å².